The van der Waals surface area contributed by atoms with Gasteiger partial charge in [-0.3, -0.25) is 4.98 Å². The molecule has 0 unspecified atom stereocenters. The largest absolute Gasteiger partial charge is 0.375 e. The number of aryl methyl sites for hydroxylation is 1. The molecule has 1 fully saturated rings. The van der Waals surface area contributed by atoms with Gasteiger partial charge in [0.25, 0.3) is 0 Å². The zero-order chi connectivity index (χ0) is 18.6. The van der Waals surface area contributed by atoms with Crippen LogP contribution >= 0.6 is 15.9 Å². The summed E-state index contributed by atoms with van der Waals surface area (Å²) in [6.45, 7) is 3.57. The molecule has 1 aliphatic carbocycles. The smallest absolute Gasteiger partial charge is 0.0906 e. The number of pyridine rings is 1. The molecule has 0 spiro atoms. The monoisotopic (exact) mass is 427 g/mol. The lowest BCUT2D eigenvalue weighted by atomic mass is 9.90. The van der Waals surface area contributed by atoms with Gasteiger partial charge in [-0.1, -0.05) is 26.2 Å². The first-order valence-electron chi connectivity index (χ1n) is 9.94. The predicted molar refractivity (Wildman–Crippen MR) is 112 cm³/mol. The molecule has 3 aromatic rings. The van der Waals surface area contributed by atoms with Crippen LogP contribution in [0.15, 0.2) is 41.1 Å². The second kappa shape index (κ2) is 8.53. The summed E-state index contributed by atoms with van der Waals surface area (Å²) in [5.41, 5.74) is 5.53. The summed E-state index contributed by atoms with van der Waals surface area (Å²) in [6, 6.07) is 8.56. The zero-order valence-corrected chi connectivity index (χ0v) is 17.4. The Morgan fingerprint density at radius 2 is 2.00 bits per heavy atom. The maximum atomic E-state index is 6.07. The number of fused-ring (bicyclic) bond motifs is 1. The molecule has 1 saturated carbocycles. The maximum Gasteiger partial charge on any atom is 0.0906 e. The van der Waals surface area contributed by atoms with Crippen molar-refractivity contribution in [1.29, 1.82) is 0 Å². The number of aromatic nitrogens is 3. The Morgan fingerprint density at radius 3 is 2.78 bits per heavy atom. The second-order valence-corrected chi connectivity index (χ2v) is 8.35. The van der Waals surface area contributed by atoms with E-state index >= 15 is 0 Å². The minimum atomic E-state index is 0.558. The molecule has 0 N–H and O–H groups in total. The Kier molecular flexibility index (Phi) is 5.89. The zero-order valence-electron chi connectivity index (χ0n) is 15.8. The number of rotatable bonds is 6. The Balaban J connectivity index is 1.62. The molecular weight excluding hydrogens is 402 g/mol. The summed E-state index contributed by atoms with van der Waals surface area (Å²) >= 11 is 3.54. The lowest BCUT2D eigenvalue weighted by Crippen LogP contribution is -2.14. The standard InChI is InChI=1S/C22H26BrN3O/c1-2-20-8-9-22-21(17-10-18(23)13-24-12-17)11-19(25-26(20)22)15-27-14-16-6-4-3-5-7-16/h8-13,16H,2-7,14-15H2,1H3. The van der Waals surface area contributed by atoms with Gasteiger partial charge in [0.1, 0.15) is 0 Å². The minimum absolute atomic E-state index is 0.558. The summed E-state index contributed by atoms with van der Waals surface area (Å²) in [6.07, 6.45) is 11.4. The molecule has 27 heavy (non-hydrogen) atoms. The average molecular weight is 428 g/mol. The molecule has 4 rings (SSSR count). The van der Waals surface area contributed by atoms with E-state index in [4.69, 9.17) is 9.84 Å². The van der Waals surface area contributed by atoms with Gasteiger partial charge in [0.15, 0.2) is 0 Å². The van der Waals surface area contributed by atoms with Crippen molar-refractivity contribution in [2.24, 2.45) is 5.92 Å². The molecule has 0 amide bonds. The molecule has 0 radical (unpaired) electrons. The normalized spacial score (nSPS) is 15.5. The fourth-order valence-corrected chi connectivity index (χ4v) is 4.37. The lowest BCUT2D eigenvalue weighted by Gasteiger charge is -2.21. The number of hydrogen-bond donors (Lipinski definition) is 0. The molecule has 4 nitrogen and oxygen atoms in total. The van der Waals surface area contributed by atoms with Crippen molar-refractivity contribution in [2.75, 3.05) is 6.61 Å². The van der Waals surface area contributed by atoms with Crippen LogP contribution < -0.4 is 0 Å². The van der Waals surface area contributed by atoms with Gasteiger partial charge in [-0.2, -0.15) is 5.10 Å². The molecule has 0 saturated heterocycles. The Hall–Kier alpha value is -1.72. The number of nitrogens with zero attached hydrogens (tertiary/aromatic N) is 3. The van der Waals surface area contributed by atoms with Gasteiger partial charge in [0.2, 0.25) is 0 Å². The molecule has 3 heterocycles. The quantitative estimate of drug-likeness (QED) is 0.497. The van der Waals surface area contributed by atoms with Gasteiger partial charge < -0.3 is 4.74 Å². The maximum absolute atomic E-state index is 6.07. The predicted octanol–water partition coefficient (Wildman–Crippen LogP) is 5.82. The first-order valence-corrected chi connectivity index (χ1v) is 10.7. The molecule has 0 bridgehead atoms. The number of hydrogen-bond acceptors (Lipinski definition) is 3. The summed E-state index contributed by atoms with van der Waals surface area (Å²) in [7, 11) is 0. The molecule has 0 aliphatic heterocycles. The van der Waals surface area contributed by atoms with E-state index in [9.17, 15) is 0 Å². The molecule has 142 valence electrons. The van der Waals surface area contributed by atoms with E-state index in [1.165, 1.54) is 37.8 Å². The second-order valence-electron chi connectivity index (χ2n) is 7.44. The van der Waals surface area contributed by atoms with Gasteiger partial charge in [-0.15, -0.1) is 0 Å². The fraction of sp³-hybridized carbons (Fsp3) is 0.455. The van der Waals surface area contributed by atoms with Crippen molar-refractivity contribution in [1.82, 2.24) is 14.6 Å². The van der Waals surface area contributed by atoms with Crippen molar-refractivity contribution in [2.45, 2.75) is 52.1 Å². The third kappa shape index (κ3) is 4.25. The van der Waals surface area contributed by atoms with E-state index in [0.717, 1.165) is 39.8 Å². The van der Waals surface area contributed by atoms with E-state index in [1.807, 2.05) is 12.4 Å². The van der Waals surface area contributed by atoms with Crippen molar-refractivity contribution in [3.05, 3.63) is 52.5 Å². The summed E-state index contributed by atoms with van der Waals surface area (Å²) in [5.74, 6) is 0.717. The van der Waals surface area contributed by atoms with Crippen LogP contribution in [0.25, 0.3) is 16.6 Å². The third-order valence-corrected chi connectivity index (χ3v) is 5.89. The fourth-order valence-electron chi connectivity index (χ4n) is 4.00. The average Bonchev–Trinajstić information content (AvgIpc) is 3.11. The van der Waals surface area contributed by atoms with Crippen LogP contribution in [0.5, 0.6) is 0 Å². The van der Waals surface area contributed by atoms with Crippen LogP contribution in [-0.4, -0.2) is 21.2 Å². The van der Waals surface area contributed by atoms with Crippen LogP contribution in [-0.2, 0) is 17.8 Å². The molecule has 0 atom stereocenters. The molecule has 0 aromatic carbocycles. The van der Waals surface area contributed by atoms with Gasteiger partial charge in [0.05, 0.1) is 17.8 Å². The van der Waals surface area contributed by atoms with Gasteiger partial charge in [-0.25, -0.2) is 4.52 Å². The van der Waals surface area contributed by atoms with Gasteiger partial charge in [0, 0.05) is 40.3 Å². The molecule has 1 aliphatic rings. The van der Waals surface area contributed by atoms with E-state index in [1.54, 1.807) is 0 Å². The first kappa shape index (κ1) is 18.6. The Morgan fingerprint density at radius 1 is 1.15 bits per heavy atom. The molecule has 3 aromatic heterocycles. The summed E-state index contributed by atoms with van der Waals surface area (Å²) in [4.78, 5) is 4.34. The van der Waals surface area contributed by atoms with E-state index in [2.05, 4.69) is 56.6 Å². The number of ether oxygens (including phenoxy) is 1. The SMILES string of the molecule is CCc1ccc2c(-c3cncc(Br)c3)cc(COCC3CCCCC3)nn12. The van der Waals surface area contributed by atoms with E-state index < -0.39 is 0 Å². The van der Waals surface area contributed by atoms with E-state index in [-0.39, 0.29) is 0 Å². The minimum Gasteiger partial charge on any atom is -0.375 e. The van der Waals surface area contributed by atoms with Gasteiger partial charge >= 0.3 is 0 Å². The van der Waals surface area contributed by atoms with Crippen LogP contribution in [0.2, 0.25) is 0 Å². The molecular formula is C22H26BrN3O. The first-order chi connectivity index (χ1) is 13.2. The van der Waals surface area contributed by atoms with Crippen molar-refractivity contribution < 1.29 is 4.74 Å². The van der Waals surface area contributed by atoms with Gasteiger partial charge in [-0.05, 0) is 65.4 Å². The molecule has 5 heteroatoms. The number of halogens is 1. The van der Waals surface area contributed by atoms with E-state index in [0.29, 0.717) is 12.5 Å². The summed E-state index contributed by atoms with van der Waals surface area (Å²) < 4.78 is 9.12. The Bertz CT molecular complexity index is 915. The summed E-state index contributed by atoms with van der Waals surface area (Å²) in [5, 5.41) is 4.86. The lowest BCUT2D eigenvalue weighted by molar-refractivity contribution is 0.0715. The van der Waals surface area contributed by atoms with Crippen LogP contribution in [0.3, 0.4) is 0 Å². The van der Waals surface area contributed by atoms with Crippen LogP contribution in [0, 0.1) is 5.92 Å². The van der Waals surface area contributed by atoms with Crippen molar-refractivity contribution in [3.63, 3.8) is 0 Å². The highest BCUT2D eigenvalue weighted by atomic mass is 79.9. The van der Waals surface area contributed by atoms with Crippen molar-refractivity contribution >= 4 is 21.4 Å². The van der Waals surface area contributed by atoms with Crippen molar-refractivity contribution in [3.8, 4) is 11.1 Å². The third-order valence-electron chi connectivity index (χ3n) is 5.46. The van der Waals surface area contributed by atoms with Crippen LogP contribution in [0.4, 0.5) is 0 Å². The van der Waals surface area contributed by atoms with Crippen LogP contribution in [0.1, 0.15) is 50.4 Å². The highest BCUT2D eigenvalue weighted by molar-refractivity contribution is 9.10. The Labute approximate surface area is 169 Å². The topological polar surface area (TPSA) is 39.4 Å². The highest BCUT2D eigenvalue weighted by Crippen LogP contribution is 2.29. The highest BCUT2D eigenvalue weighted by Gasteiger charge is 2.15.